The predicted molar refractivity (Wildman–Crippen MR) is 104 cm³/mol. The number of nitrogens with one attached hydrogen (secondary N) is 1. The average molecular weight is 451 g/mol. The molecule has 2 aromatic rings. The number of hydrogen-bond acceptors (Lipinski definition) is 5. The van der Waals surface area contributed by atoms with E-state index >= 15 is 0 Å². The minimum atomic E-state index is -3.66. The van der Waals surface area contributed by atoms with Crippen LogP contribution in [0.2, 0.25) is 15.1 Å². The highest BCUT2D eigenvalue weighted by Crippen LogP contribution is 2.25. The van der Waals surface area contributed by atoms with Gasteiger partial charge in [0, 0.05) is 10.0 Å². The van der Waals surface area contributed by atoms with Crippen molar-refractivity contribution in [3.8, 4) is 0 Å². The molecule has 0 aliphatic heterocycles. The molecule has 0 radical (unpaired) electrons. The lowest BCUT2D eigenvalue weighted by molar-refractivity contribution is -0.146. The summed E-state index contributed by atoms with van der Waals surface area (Å²) in [5, 5.41) is 3.50. The number of benzene rings is 2. The zero-order valence-electron chi connectivity index (χ0n) is 13.7. The molecule has 1 N–H and O–H groups in total. The smallest absolute Gasteiger partial charge is 0.307 e. The van der Waals surface area contributed by atoms with E-state index in [9.17, 15) is 18.0 Å². The summed E-state index contributed by atoms with van der Waals surface area (Å²) in [7, 11) is -3.66. The Morgan fingerprint density at radius 2 is 1.59 bits per heavy atom. The van der Waals surface area contributed by atoms with Crippen molar-refractivity contribution in [2.24, 2.45) is 0 Å². The van der Waals surface area contributed by atoms with Crippen molar-refractivity contribution in [1.82, 2.24) is 0 Å². The lowest BCUT2D eigenvalue weighted by atomic mass is 10.3. The molecule has 0 heterocycles. The highest BCUT2D eigenvalue weighted by Gasteiger charge is 2.18. The van der Waals surface area contributed by atoms with Crippen LogP contribution in [0.15, 0.2) is 47.4 Å². The number of carbonyl (C=O) groups is 2. The summed E-state index contributed by atoms with van der Waals surface area (Å²) in [6, 6.07) is 10.1. The van der Waals surface area contributed by atoms with Gasteiger partial charge in [-0.1, -0.05) is 34.8 Å². The van der Waals surface area contributed by atoms with E-state index in [0.29, 0.717) is 15.7 Å². The molecule has 0 aliphatic carbocycles. The van der Waals surface area contributed by atoms with Crippen LogP contribution in [0.3, 0.4) is 0 Å². The van der Waals surface area contributed by atoms with Crippen molar-refractivity contribution in [2.45, 2.75) is 11.3 Å². The second kappa shape index (κ2) is 9.41. The molecule has 10 heteroatoms. The van der Waals surface area contributed by atoms with Gasteiger partial charge in [-0.15, -0.1) is 0 Å². The Morgan fingerprint density at radius 3 is 2.22 bits per heavy atom. The monoisotopic (exact) mass is 449 g/mol. The molecule has 0 spiro atoms. The molecule has 0 saturated carbocycles. The normalized spacial score (nSPS) is 11.1. The van der Waals surface area contributed by atoms with Crippen molar-refractivity contribution < 1.29 is 22.7 Å². The molecule has 0 saturated heterocycles. The number of sulfone groups is 1. The van der Waals surface area contributed by atoms with E-state index in [1.54, 1.807) is 0 Å². The standard InChI is InChI=1S/C17H14Cl3NO5S/c18-11-1-4-13(5-2-11)27(24,25)8-7-17(23)26-10-16(22)21-15-6-3-12(19)9-14(15)20/h1-6,9H,7-8,10H2,(H,21,22). The summed E-state index contributed by atoms with van der Waals surface area (Å²) in [5.41, 5.74) is 0.312. The predicted octanol–water partition coefficient (Wildman–Crippen LogP) is 3.99. The highest BCUT2D eigenvalue weighted by atomic mass is 35.5. The maximum Gasteiger partial charge on any atom is 0.307 e. The third-order valence-electron chi connectivity index (χ3n) is 3.32. The van der Waals surface area contributed by atoms with Crippen LogP contribution >= 0.6 is 34.8 Å². The van der Waals surface area contributed by atoms with Crippen LogP contribution in [-0.4, -0.2) is 32.7 Å². The molecule has 6 nitrogen and oxygen atoms in total. The number of esters is 1. The number of hydrogen-bond donors (Lipinski definition) is 1. The number of halogens is 3. The third-order valence-corrected chi connectivity index (χ3v) is 5.85. The van der Waals surface area contributed by atoms with Gasteiger partial charge in [0.25, 0.3) is 5.91 Å². The van der Waals surface area contributed by atoms with E-state index in [0.717, 1.165) is 0 Å². The number of anilines is 1. The molecule has 144 valence electrons. The van der Waals surface area contributed by atoms with Crippen molar-refractivity contribution in [1.29, 1.82) is 0 Å². The van der Waals surface area contributed by atoms with Crippen molar-refractivity contribution in [3.05, 3.63) is 57.5 Å². The number of ether oxygens (including phenoxy) is 1. The molecular weight excluding hydrogens is 437 g/mol. The summed E-state index contributed by atoms with van der Waals surface area (Å²) >= 11 is 17.4. The van der Waals surface area contributed by atoms with Crippen molar-refractivity contribution in [3.63, 3.8) is 0 Å². The second-order valence-corrected chi connectivity index (χ2v) is 8.75. The number of amides is 1. The van der Waals surface area contributed by atoms with Crippen LogP contribution < -0.4 is 5.32 Å². The van der Waals surface area contributed by atoms with E-state index < -0.39 is 34.1 Å². The molecule has 2 rings (SSSR count). The minimum Gasteiger partial charge on any atom is -0.456 e. The highest BCUT2D eigenvalue weighted by molar-refractivity contribution is 7.91. The molecule has 0 bridgehead atoms. The Hall–Kier alpha value is -1.80. The van der Waals surface area contributed by atoms with Gasteiger partial charge in [0.05, 0.1) is 27.8 Å². The lowest BCUT2D eigenvalue weighted by Crippen LogP contribution is -2.22. The Balaban J connectivity index is 1.81. The van der Waals surface area contributed by atoms with Gasteiger partial charge >= 0.3 is 5.97 Å². The molecule has 27 heavy (non-hydrogen) atoms. The van der Waals surface area contributed by atoms with Gasteiger partial charge in [0.1, 0.15) is 0 Å². The largest absolute Gasteiger partial charge is 0.456 e. The molecule has 0 atom stereocenters. The SMILES string of the molecule is O=C(COC(=O)CCS(=O)(=O)c1ccc(Cl)cc1)Nc1ccc(Cl)cc1Cl. The Morgan fingerprint density at radius 1 is 0.963 bits per heavy atom. The van der Waals surface area contributed by atoms with Gasteiger partial charge in [0.15, 0.2) is 16.4 Å². The summed E-state index contributed by atoms with van der Waals surface area (Å²) in [4.78, 5) is 23.6. The molecule has 1 amide bonds. The maximum atomic E-state index is 12.1. The molecule has 0 aromatic heterocycles. The van der Waals surface area contributed by atoms with Gasteiger partial charge in [-0.2, -0.15) is 0 Å². The fourth-order valence-electron chi connectivity index (χ4n) is 1.97. The zero-order chi connectivity index (χ0) is 20.0. The van der Waals surface area contributed by atoms with Gasteiger partial charge in [0.2, 0.25) is 0 Å². The van der Waals surface area contributed by atoms with E-state index in [1.807, 2.05) is 0 Å². The van der Waals surface area contributed by atoms with Crippen molar-refractivity contribution in [2.75, 3.05) is 17.7 Å². The molecule has 2 aromatic carbocycles. The first-order valence-electron chi connectivity index (χ1n) is 7.56. The van der Waals surface area contributed by atoms with E-state index in [1.165, 1.54) is 42.5 Å². The van der Waals surface area contributed by atoms with Crippen LogP contribution in [0, 0.1) is 0 Å². The number of rotatable bonds is 7. The zero-order valence-corrected chi connectivity index (χ0v) is 16.8. The van der Waals surface area contributed by atoms with E-state index in [2.05, 4.69) is 5.32 Å². The summed E-state index contributed by atoms with van der Waals surface area (Å²) in [5.74, 6) is -1.88. The van der Waals surface area contributed by atoms with E-state index in [4.69, 9.17) is 39.5 Å². The fourth-order valence-corrected chi connectivity index (χ4v) is 3.78. The summed E-state index contributed by atoms with van der Waals surface area (Å²) in [6.45, 7) is -0.571. The topological polar surface area (TPSA) is 89.5 Å². The molecular formula is C17H14Cl3NO5S. The van der Waals surface area contributed by atoms with Crippen LogP contribution in [-0.2, 0) is 24.2 Å². The number of carbonyl (C=O) groups excluding carboxylic acids is 2. The van der Waals surface area contributed by atoms with Crippen LogP contribution in [0.5, 0.6) is 0 Å². The fraction of sp³-hybridized carbons (Fsp3) is 0.176. The Bertz CT molecular complexity index is 946. The first-order chi connectivity index (χ1) is 12.7. The first kappa shape index (κ1) is 21.5. The average Bonchev–Trinajstić information content (AvgIpc) is 2.61. The van der Waals surface area contributed by atoms with Crippen LogP contribution in [0.4, 0.5) is 5.69 Å². The Labute approximate surface area is 171 Å². The Kier molecular flexibility index (Phi) is 7.49. The lowest BCUT2D eigenvalue weighted by Gasteiger charge is -2.08. The first-order valence-corrected chi connectivity index (χ1v) is 10.3. The van der Waals surface area contributed by atoms with Gasteiger partial charge in [-0.05, 0) is 42.5 Å². The van der Waals surface area contributed by atoms with Gasteiger partial charge in [-0.25, -0.2) is 8.42 Å². The van der Waals surface area contributed by atoms with E-state index in [-0.39, 0.29) is 16.3 Å². The molecule has 0 unspecified atom stereocenters. The van der Waals surface area contributed by atoms with Crippen LogP contribution in [0.1, 0.15) is 6.42 Å². The summed E-state index contributed by atoms with van der Waals surface area (Å²) in [6.07, 6.45) is -0.389. The second-order valence-electron chi connectivity index (χ2n) is 5.36. The quantitative estimate of drug-likeness (QED) is 0.644. The molecule has 0 fully saturated rings. The van der Waals surface area contributed by atoms with Gasteiger partial charge < -0.3 is 10.1 Å². The minimum absolute atomic E-state index is 0.0508. The summed E-state index contributed by atoms with van der Waals surface area (Å²) < 4.78 is 29.1. The van der Waals surface area contributed by atoms with Crippen LogP contribution in [0.25, 0.3) is 0 Å². The molecule has 0 aliphatic rings. The van der Waals surface area contributed by atoms with Gasteiger partial charge in [-0.3, -0.25) is 9.59 Å². The van der Waals surface area contributed by atoms with Crippen molar-refractivity contribution >= 4 is 62.2 Å². The maximum absolute atomic E-state index is 12.1. The third kappa shape index (κ3) is 6.70.